The Morgan fingerprint density at radius 1 is 0.484 bits per heavy atom. The summed E-state index contributed by atoms with van der Waals surface area (Å²) in [5, 5.41) is 4.83. The molecule has 0 saturated heterocycles. The molecule has 2 aliphatic rings. The number of fused-ring (bicyclic) bond motifs is 7. The van der Waals surface area contributed by atoms with Crippen LogP contribution in [-0.2, 0) is 5.41 Å². The number of rotatable bonds is 6. The number of anilines is 2. The summed E-state index contributed by atoms with van der Waals surface area (Å²) in [4.78, 5) is 13.1. The lowest BCUT2D eigenvalue weighted by Gasteiger charge is -2.42. The van der Waals surface area contributed by atoms with Gasteiger partial charge in [-0.15, -0.1) is 0 Å². The Bertz CT molecular complexity index is 3540. The Morgan fingerprint density at radius 3 is 2.00 bits per heavy atom. The average Bonchev–Trinajstić information content (AvgIpc) is 3.46. The third-order valence-electron chi connectivity index (χ3n) is 13.2. The van der Waals surface area contributed by atoms with E-state index in [1.165, 1.54) is 55.2 Å². The lowest BCUT2D eigenvalue weighted by molar-refractivity contribution is 0.630. The van der Waals surface area contributed by atoms with Gasteiger partial charge in [0.25, 0.3) is 0 Å². The van der Waals surface area contributed by atoms with Crippen LogP contribution in [0.5, 0.6) is 0 Å². The highest BCUT2D eigenvalue weighted by Gasteiger charge is 2.37. The van der Waals surface area contributed by atoms with Crippen molar-refractivity contribution in [2.75, 3.05) is 4.90 Å². The zero-order chi connectivity index (χ0) is 42.8. The molecule has 4 nitrogen and oxygen atoms in total. The fraction of sp³-hybridized carbons (Fsp3) is 0.0667. The number of nitrogens with zero attached hydrogens (tertiary/aromatic N) is 4. The molecule has 0 radical (unpaired) electrons. The lowest BCUT2D eigenvalue weighted by atomic mass is 9.73. The van der Waals surface area contributed by atoms with Crippen LogP contribution in [-0.4, -0.2) is 14.5 Å². The van der Waals surface area contributed by atoms with Crippen molar-refractivity contribution in [2.24, 2.45) is 0 Å². The normalized spacial score (nSPS) is 14.1. The Labute approximate surface area is 373 Å². The lowest BCUT2D eigenvalue weighted by Crippen LogP contribution is -2.32. The number of para-hydroxylation sites is 1. The molecule has 10 aromatic rings. The molecule has 1 aliphatic carbocycles. The van der Waals surface area contributed by atoms with E-state index in [1.54, 1.807) is 0 Å². The summed E-state index contributed by atoms with van der Waals surface area (Å²) in [6.07, 6.45) is 12.0. The van der Waals surface area contributed by atoms with Gasteiger partial charge in [-0.1, -0.05) is 184 Å². The summed E-state index contributed by atoms with van der Waals surface area (Å²) in [7, 11) is 0. The fourth-order valence-electron chi connectivity index (χ4n) is 9.97. The molecule has 0 N–H and O–H groups in total. The molecule has 1 aliphatic heterocycles. The zero-order valence-electron chi connectivity index (χ0n) is 35.8. The molecule has 0 bridgehead atoms. The van der Waals surface area contributed by atoms with Gasteiger partial charge in [0, 0.05) is 39.1 Å². The van der Waals surface area contributed by atoms with Gasteiger partial charge in [-0.05, 0) is 93.1 Å². The minimum Gasteiger partial charge on any atom is -0.310 e. The van der Waals surface area contributed by atoms with Crippen molar-refractivity contribution in [1.29, 1.82) is 0 Å². The highest BCUT2D eigenvalue weighted by Crippen LogP contribution is 2.52. The zero-order valence-corrected chi connectivity index (χ0v) is 35.8. The number of allylic oxidation sites excluding steroid dienone is 5. The maximum atomic E-state index is 5.44. The van der Waals surface area contributed by atoms with E-state index in [4.69, 9.17) is 9.97 Å². The predicted molar refractivity (Wildman–Crippen MR) is 267 cm³/mol. The maximum absolute atomic E-state index is 5.44. The summed E-state index contributed by atoms with van der Waals surface area (Å²) in [5.74, 6) is 1.50. The Balaban J connectivity index is 1.07. The standard InChI is InChI=1S/C60H44N4/c1-60(2)50-25-15-16-26-53(50)63(47-22-11-3-4-12-23-47)54-35-33-45(37-51(54)60)46-31-34-49-56(38-46)64(55-36-32-42-19-13-14-24-48(42)58(49)55)57-39-52(43-20-9-6-10-21-43)61-59(62-57)44-29-27-41(28-30-44)40-17-7-5-8-18-40/h3,5-39H,4H2,1-2H3. The second kappa shape index (κ2) is 15.1. The van der Waals surface area contributed by atoms with Crippen LogP contribution in [0.1, 0.15) is 31.4 Å². The molecule has 0 spiro atoms. The highest BCUT2D eigenvalue weighted by molar-refractivity contribution is 6.21. The van der Waals surface area contributed by atoms with E-state index in [9.17, 15) is 0 Å². The molecule has 8 aromatic carbocycles. The quantitative estimate of drug-likeness (QED) is 0.168. The van der Waals surface area contributed by atoms with Crippen LogP contribution < -0.4 is 4.90 Å². The van der Waals surface area contributed by atoms with Crippen molar-refractivity contribution < 1.29 is 0 Å². The van der Waals surface area contributed by atoms with E-state index in [-0.39, 0.29) is 5.41 Å². The fourth-order valence-corrected chi connectivity index (χ4v) is 9.97. The molecule has 0 unspecified atom stereocenters. The predicted octanol–water partition coefficient (Wildman–Crippen LogP) is 15.6. The first kappa shape index (κ1) is 37.7. The number of hydrogen-bond acceptors (Lipinski definition) is 3. The van der Waals surface area contributed by atoms with E-state index in [0.29, 0.717) is 5.82 Å². The van der Waals surface area contributed by atoms with Crippen LogP contribution in [0.15, 0.2) is 224 Å². The van der Waals surface area contributed by atoms with Gasteiger partial charge in [0.1, 0.15) is 5.82 Å². The van der Waals surface area contributed by atoms with Crippen molar-refractivity contribution in [2.45, 2.75) is 25.7 Å². The Morgan fingerprint density at radius 2 is 1.16 bits per heavy atom. The van der Waals surface area contributed by atoms with Crippen LogP contribution >= 0.6 is 0 Å². The first-order chi connectivity index (χ1) is 31.5. The molecular formula is C60H44N4. The molecule has 12 rings (SSSR count). The van der Waals surface area contributed by atoms with Crippen LogP contribution in [0.4, 0.5) is 11.4 Å². The van der Waals surface area contributed by atoms with E-state index < -0.39 is 0 Å². The second-order valence-corrected chi connectivity index (χ2v) is 17.4. The van der Waals surface area contributed by atoms with Crippen LogP contribution in [0.2, 0.25) is 0 Å². The van der Waals surface area contributed by atoms with Gasteiger partial charge in [0.05, 0.1) is 28.1 Å². The van der Waals surface area contributed by atoms with Gasteiger partial charge < -0.3 is 4.90 Å². The molecule has 4 heteroatoms. The first-order valence-corrected chi connectivity index (χ1v) is 22.1. The minimum absolute atomic E-state index is 0.230. The topological polar surface area (TPSA) is 34.0 Å². The van der Waals surface area contributed by atoms with Crippen LogP contribution in [0.25, 0.3) is 83.3 Å². The summed E-state index contributed by atoms with van der Waals surface area (Å²) in [5.41, 5.74) is 15.7. The van der Waals surface area contributed by atoms with Gasteiger partial charge in [0.15, 0.2) is 5.82 Å². The van der Waals surface area contributed by atoms with Gasteiger partial charge in [-0.25, -0.2) is 9.97 Å². The number of aromatic nitrogens is 3. The number of benzene rings is 8. The number of hydrogen-bond donors (Lipinski definition) is 0. The third kappa shape index (κ3) is 6.21. The third-order valence-corrected chi connectivity index (χ3v) is 13.2. The van der Waals surface area contributed by atoms with Crippen LogP contribution in [0, 0.1) is 0 Å². The van der Waals surface area contributed by atoms with E-state index in [1.807, 2.05) is 0 Å². The SMILES string of the molecule is CC1(C)c2ccccc2N(C2=CC=CCC=C2)c2ccc(-c3ccc4c5c6ccccc6ccc5n(-c5cc(-c6ccccc6)nc(-c6ccc(-c7ccccc7)cc6)n5)c4c3)cc21. The molecule has 0 amide bonds. The largest absolute Gasteiger partial charge is 0.310 e. The molecule has 0 saturated carbocycles. The van der Waals surface area contributed by atoms with E-state index in [2.05, 4.69) is 242 Å². The second-order valence-electron chi connectivity index (χ2n) is 17.4. The van der Waals surface area contributed by atoms with Gasteiger partial charge in [0.2, 0.25) is 0 Å². The average molecular weight is 821 g/mol. The van der Waals surface area contributed by atoms with Crippen molar-refractivity contribution in [3.63, 3.8) is 0 Å². The van der Waals surface area contributed by atoms with Gasteiger partial charge in [-0.2, -0.15) is 0 Å². The van der Waals surface area contributed by atoms with Crippen molar-refractivity contribution in [1.82, 2.24) is 14.5 Å². The molecule has 64 heavy (non-hydrogen) atoms. The highest BCUT2D eigenvalue weighted by atomic mass is 15.2. The summed E-state index contributed by atoms with van der Waals surface area (Å²) < 4.78 is 2.36. The molecule has 2 aromatic heterocycles. The van der Waals surface area contributed by atoms with Gasteiger partial charge in [-0.3, -0.25) is 4.57 Å². The summed E-state index contributed by atoms with van der Waals surface area (Å²) in [6.45, 7) is 4.73. The Kier molecular flexibility index (Phi) is 8.87. The van der Waals surface area contributed by atoms with Crippen molar-refractivity contribution in [3.8, 4) is 50.7 Å². The molecule has 0 fully saturated rings. The van der Waals surface area contributed by atoms with E-state index in [0.717, 1.165) is 56.9 Å². The van der Waals surface area contributed by atoms with E-state index >= 15 is 0 Å². The van der Waals surface area contributed by atoms with Gasteiger partial charge >= 0.3 is 0 Å². The molecule has 304 valence electrons. The van der Waals surface area contributed by atoms with Crippen molar-refractivity contribution >= 4 is 44.0 Å². The first-order valence-electron chi connectivity index (χ1n) is 22.1. The maximum Gasteiger partial charge on any atom is 0.162 e. The summed E-state index contributed by atoms with van der Waals surface area (Å²) >= 11 is 0. The summed E-state index contributed by atoms with van der Waals surface area (Å²) in [6, 6.07) is 67.8. The smallest absolute Gasteiger partial charge is 0.162 e. The minimum atomic E-state index is -0.230. The molecule has 3 heterocycles. The molecular weight excluding hydrogens is 777 g/mol. The van der Waals surface area contributed by atoms with Crippen LogP contribution in [0.3, 0.4) is 0 Å². The van der Waals surface area contributed by atoms with Crippen molar-refractivity contribution in [3.05, 3.63) is 235 Å². The Hall–Kier alpha value is -8.08. The molecule has 0 atom stereocenters. The monoisotopic (exact) mass is 820 g/mol.